The van der Waals surface area contributed by atoms with E-state index in [1.54, 1.807) is 0 Å². The summed E-state index contributed by atoms with van der Waals surface area (Å²) < 4.78 is 5.57. The van der Waals surface area contributed by atoms with Gasteiger partial charge in [0.25, 0.3) is 0 Å². The highest BCUT2D eigenvalue weighted by molar-refractivity contribution is 5.20. The van der Waals surface area contributed by atoms with Gasteiger partial charge in [-0.3, -0.25) is 4.90 Å². The maximum absolute atomic E-state index is 5.57. The van der Waals surface area contributed by atoms with E-state index < -0.39 is 0 Å². The minimum Gasteiger partial charge on any atom is -0.475 e. The van der Waals surface area contributed by atoms with Crippen LogP contribution in [-0.4, -0.2) is 35.7 Å². The van der Waals surface area contributed by atoms with Crippen LogP contribution in [-0.2, 0) is 6.54 Å². The molecule has 1 aromatic heterocycles. The molecule has 88 valence electrons. The lowest BCUT2D eigenvalue weighted by molar-refractivity contribution is 0.232. The molecular formula is C12H19N3O. The van der Waals surface area contributed by atoms with Gasteiger partial charge < -0.3 is 10.1 Å². The van der Waals surface area contributed by atoms with Crippen molar-refractivity contribution in [3.8, 4) is 5.88 Å². The second kappa shape index (κ2) is 5.27. The molecule has 0 spiro atoms. The van der Waals surface area contributed by atoms with E-state index in [2.05, 4.69) is 15.2 Å². The van der Waals surface area contributed by atoms with Gasteiger partial charge in [-0.25, -0.2) is 4.98 Å². The molecule has 0 unspecified atom stereocenters. The molecule has 0 bridgehead atoms. The monoisotopic (exact) mass is 221 g/mol. The molecule has 4 nitrogen and oxygen atoms in total. The van der Waals surface area contributed by atoms with E-state index in [1.807, 2.05) is 32.2 Å². The van der Waals surface area contributed by atoms with Gasteiger partial charge in [-0.2, -0.15) is 0 Å². The zero-order valence-corrected chi connectivity index (χ0v) is 9.94. The SMILES string of the molecule is CC(C)Oc1cc(CN2CCNC2)ccn1. The van der Waals surface area contributed by atoms with Gasteiger partial charge >= 0.3 is 0 Å². The lowest BCUT2D eigenvalue weighted by Gasteiger charge is -2.14. The summed E-state index contributed by atoms with van der Waals surface area (Å²) in [5, 5.41) is 3.32. The largest absolute Gasteiger partial charge is 0.475 e. The third-order valence-electron chi connectivity index (χ3n) is 2.50. The first-order valence-corrected chi connectivity index (χ1v) is 5.79. The Balaban J connectivity index is 1.97. The maximum atomic E-state index is 5.57. The van der Waals surface area contributed by atoms with Gasteiger partial charge in [0, 0.05) is 38.6 Å². The Hall–Kier alpha value is -1.13. The fraction of sp³-hybridized carbons (Fsp3) is 0.583. The standard InChI is InChI=1S/C12H19N3O/c1-10(2)16-12-7-11(3-4-14-12)8-15-6-5-13-9-15/h3-4,7,10,13H,5-6,8-9H2,1-2H3. The summed E-state index contributed by atoms with van der Waals surface area (Å²) in [6.45, 7) is 8.16. The average Bonchev–Trinajstić information content (AvgIpc) is 2.70. The topological polar surface area (TPSA) is 37.4 Å². The molecule has 0 saturated carbocycles. The molecule has 0 aromatic carbocycles. The number of nitrogens with one attached hydrogen (secondary N) is 1. The van der Waals surface area contributed by atoms with Gasteiger partial charge in [0.15, 0.2) is 0 Å². The van der Waals surface area contributed by atoms with Crippen molar-refractivity contribution in [1.82, 2.24) is 15.2 Å². The van der Waals surface area contributed by atoms with Crippen molar-refractivity contribution in [2.45, 2.75) is 26.5 Å². The van der Waals surface area contributed by atoms with Gasteiger partial charge in [0.2, 0.25) is 5.88 Å². The third-order valence-corrected chi connectivity index (χ3v) is 2.50. The number of rotatable bonds is 4. The molecule has 1 aromatic rings. The minimum absolute atomic E-state index is 0.177. The van der Waals surface area contributed by atoms with Crippen molar-refractivity contribution in [2.24, 2.45) is 0 Å². The third kappa shape index (κ3) is 3.18. The highest BCUT2D eigenvalue weighted by atomic mass is 16.5. The van der Waals surface area contributed by atoms with Crippen LogP contribution >= 0.6 is 0 Å². The zero-order chi connectivity index (χ0) is 11.4. The predicted molar refractivity (Wildman–Crippen MR) is 63.3 cm³/mol. The van der Waals surface area contributed by atoms with Crippen LogP contribution < -0.4 is 10.1 Å². The Morgan fingerprint density at radius 1 is 1.56 bits per heavy atom. The first-order chi connectivity index (χ1) is 7.74. The Labute approximate surface area is 96.6 Å². The summed E-state index contributed by atoms with van der Waals surface area (Å²) in [5.41, 5.74) is 1.26. The van der Waals surface area contributed by atoms with E-state index in [1.165, 1.54) is 5.56 Å². The van der Waals surface area contributed by atoms with Crippen LogP contribution in [0, 0.1) is 0 Å². The molecule has 0 aliphatic carbocycles. The number of hydrogen-bond acceptors (Lipinski definition) is 4. The van der Waals surface area contributed by atoms with Crippen LogP contribution in [0.3, 0.4) is 0 Å². The molecule has 1 fully saturated rings. The van der Waals surface area contributed by atoms with Crippen LogP contribution in [0.1, 0.15) is 19.4 Å². The normalized spacial score (nSPS) is 16.9. The van der Waals surface area contributed by atoms with Crippen LogP contribution in [0.15, 0.2) is 18.3 Å². The quantitative estimate of drug-likeness (QED) is 0.830. The Morgan fingerprint density at radius 2 is 2.44 bits per heavy atom. The lowest BCUT2D eigenvalue weighted by atomic mass is 10.2. The van der Waals surface area contributed by atoms with Crippen molar-refractivity contribution in [2.75, 3.05) is 19.8 Å². The van der Waals surface area contributed by atoms with Crippen molar-refractivity contribution in [3.05, 3.63) is 23.9 Å². The summed E-state index contributed by atoms with van der Waals surface area (Å²) in [6.07, 6.45) is 1.99. The van der Waals surface area contributed by atoms with E-state index in [4.69, 9.17) is 4.74 Å². The minimum atomic E-state index is 0.177. The van der Waals surface area contributed by atoms with E-state index in [9.17, 15) is 0 Å². The van der Waals surface area contributed by atoms with Gasteiger partial charge in [-0.05, 0) is 25.5 Å². The van der Waals surface area contributed by atoms with Crippen molar-refractivity contribution < 1.29 is 4.74 Å². The second-order valence-corrected chi connectivity index (χ2v) is 4.38. The van der Waals surface area contributed by atoms with E-state index in [0.29, 0.717) is 0 Å². The van der Waals surface area contributed by atoms with Crippen LogP contribution in [0.25, 0.3) is 0 Å². The lowest BCUT2D eigenvalue weighted by Crippen LogP contribution is -2.21. The molecule has 2 rings (SSSR count). The molecule has 1 aliphatic rings. The number of ether oxygens (including phenoxy) is 1. The van der Waals surface area contributed by atoms with Crippen LogP contribution in [0.5, 0.6) is 5.88 Å². The Morgan fingerprint density at radius 3 is 3.12 bits per heavy atom. The summed E-state index contributed by atoms with van der Waals surface area (Å²) in [6, 6.07) is 4.07. The van der Waals surface area contributed by atoms with Crippen LogP contribution in [0.2, 0.25) is 0 Å². The molecule has 2 heterocycles. The summed E-state index contributed by atoms with van der Waals surface area (Å²) in [7, 11) is 0. The Bertz CT molecular complexity index is 335. The summed E-state index contributed by atoms with van der Waals surface area (Å²) in [5.74, 6) is 0.722. The van der Waals surface area contributed by atoms with E-state index in [0.717, 1.165) is 32.2 Å². The molecule has 0 amide bonds. The molecule has 1 saturated heterocycles. The summed E-state index contributed by atoms with van der Waals surface area (Å²) >= 11 is 0. The molecule has 1 N–H and O–H groups in total. The van der Waals surface area contributed by atoms with Gasteiger partial charge in [0.05, 0.1) is 6.10 Å². The molecule has 16 heavy (non-hydrogen) atoms. The number of aromatic nitrogens is 1. The highest BCUT2D eigenvalue weighted by Gasteiger charge is 2.11. The van der Waals surface area contributed by atoms with Crippen LogP contribution in [0.4, 0.5) is 0 Å². The molecule has 4 heteroatoms. The molecule has 1 aliphatic heterocycles. The number of nitrogens with zero attached hydrogens (tertiary/aromatic N) is 2. The second-order valence-electron chi connectivity index (χ2n) is 4.38. The molecular weight excluding hydrogens is 202 g/mol. The first-order valence-electron chi connectivity index (χ1n) is 5.79. The molecule has 0 atom stereocenters. The fourth-order valence-corrected chi connectivity index (χ4v) is 1.80. The van der Waals surface area contributed by atoms with E-state index >= 15 is 0 Å². The van der Waals surface area contributed by atoms with Gasteiger partial charge in [0.1, 0.15) is 0 Å². The van der Waals surface area contributed by atoms with Crippen molar-refractivity contribution >= 4 is 0 Å². The van der Waals surface area contributed by atoms with Crippen molar-refractivity contribution in [1.29, 1.82) is 0 Å². The van der Waals surface area contributed by atoms with Gasteiger partial charge in [-0.15, -0.1) is 0 Å². The highest BCUT2D eigenvalue weighted by Crippen LogP contribution is 2.13. The zero-order valence-electron chi connectivity index (χ0n) is 9.94. The first kappa shape index (κ1) is 11.4. The number of hydrogen-bond donors (Lipinski definition) is 1. The van der Waals surface area contributed by atoms with Crippen molar-refractivity contribution in [3.63, 3.8) is 0 Å². The molecule has 0 radical (unpaired) electrons. The summed E-state index contributed by atoms with van der Waals surface area (Å²) in [4.78, 5) is 6.57. The average molecular weight is 221 g/mol. The Kier molecular flexibility index (Phi) is 3.74. The van der Waals surface area contributed by atoms with E-state index in [-0.39, 0.29) is 6.10 Å². The number of pyridine rings is 1. The smallest absolute Gasteiger partial charge is 0.213 e. The maximum Gasteiger partial charge on any atom is 0.213 e. The fourth-order valence-electron chi connectivity index (χ4n) is 1.80. The predicted octanol–water partition coefficient (Wildman–Crippen LogP) is 1.23. The van der Waals surface area contributed by atoms with Gasteiger partial charge in [-0.1, -0.05) is 0 Å².